The third-order valence-corrected chi connectivity index (χ3v) is 2.81. The molecule has 0 bridgehead atoms. The fourth-order valence-corrected chi connectivity index (χ4v) is 1.77. The fraction of sp³-hybridized carbons (Fsp3) is 0.364. The molecule has 0 aromatic heterocycles. The van der Waals surface area contributed by atoms with Gasteiger partial charge in [0.05, 0.1) is 12.1 Å². The van der Waals surface area contributed by atoms with E-state index in [4.69, 9.17) is 0 Å². The highest BCUT2D eigenvalue weighted by atomic mass is 32.2. The number of anilines is 1. The SMILES string of the molecule is CSc1ccccc1NC(=O)CCC(F)(F)F. The van der Waals surface area contributed by atoms with Crippen molar-refractivity contribution < 1.29 is 18.0 Å². The van der Waals surface area contributed by atoms with E-state index in [9.17, 15) is 18.0 Å². The van der Waals surface area contributed by atoms with Crippen molar-refractivity contribution in [2.24, 2.45) is 0 Å². The Morgan fingerprint density at radius 2 is 2.00 bits per heavy atom. The van der Waals surface area contributed by atoms with Gasteiger partial charge in [-0.1, -0.05) is 12.1 Å². The van der Waals surface area contributed by atoms with Crippen LogP contribution in [0.3, 0.4) is 0 Å². The average Bonchev–Trinajstić information content (AvgIpc) is 2.26. The molecule has 0 atom stereocenters. The van der Waals surface area contributed by atoms with Crippen molar-refractivity contribution in [1.82, 2.24) is 0 Å². The summed E-state index contributed by atoms with van der Waals surface area (Å²) in [5, 5.41) is 2.47. The molecule has 17 heavy (non-hydrogen) atoms. The first-order valence-corrected chi connectivity index (χ1v) is 6.14. The van der Waals surface area contributed by atoms with Crippen LogP contribution in [-0.4, -0.2) is 18.3 Å². The lowest BCUT2D eigenvalue weighted by Crippen LogP contribution is -2.16. The fourth-order valence-electron chi connectivity index (χ4n) is 1.22. The van der Waals surface area contributed by atoms with E-state index in [-0.39, 0.29) is 0 Å². The minimum Gasteiger partial charge on any atom is -0.325 e. The number of hydrogen-bond acceptors (Lipinski definition) is 2. The summed E-state index contributed by atoms with van der Waals surface area (Å²) in [6.45, 7) is 0. The van der Waals surface area contributed by atoms with Gasteiger partial charge in [0.2, 0.25) is 5.91 Å². The van der Waals surface area contributed by atoms with Crippen LogP contribution in [0.15, 0.2) is 29.2 Å². The average molecular weight is 263 g/mol. The molecule has 2 nitrogen and oxygen atoms in total. The van der Waals surface area contributed by atoms with Crippen molar-refractivity contribution in [3.8, 4) is 0 Å². The summed E-state index contributed by atoms with van der Waals surface area (Å²) in [5.74, 6) is -0.621. The highest BCUT2D eigenvalue weighted by Gasteiger charge is 2.27. The number of carbonyl (C=O) groups excluding carboxylic acids is 1. The second kappa shape index (κ2) is 5.95. The molecule has 0 aliphatic heterocycles. The number of alkyl halides is 3. The summed E-state index contributed by atoms with van der Waals surface area (Å²) < 4.78 is 35.7. The van der Waals surface area contributed by atoms with E-state index >= 15 is 0 Å². The van der Waals surface area contributed by atoms with Gasteiger partial charge in [0.25, 0.3) is 0 Å². The van der Waals surface area contributed by atoms with Gasteiger partial charge in [-0.3, -0.25) is 4.79 Å². The summed E-state index contributed by atoms with van der Waals surface area (Å²) in [4.78, 5) is 12.1. The van der Waals surface area contributed by atoms with Crippen LogP contribution in [0.4, 0.5) is 18.9 Å². The molecular weight excluding hydrogens is 251 g/mol. The van der Waals surface area contributed by atoms with Gasteiger partial charge >= 0.3 is 6.18 Å². The minimum atomic E-state index is -4.30. The van der Waals surface area contributed by atoms with E-state index < -0.39 is 24.9 Å². The molecule has 0 saturated heterocycles. The molecule has 1 rings (SSSR count). The van der Waals surface area contributed by atoms with Gasteiger partial charge in [0, 0.05) is 11.3 Å². The van der Waals surface area contributed by atoms with Crippen molar-refractivity contribution in [3.05, 3.63) is 24.3 Å². The van der Waals surface area contributed by atoms with E-state index in [0.29, 0.717) is 5.69 Å². The maximum atomic E-state index is 11.9. The van der Waals surface area contributed by atoms with E-state index in [2.05, 4.69) is 5.32 Å². The lowest BCUT2D eigenvalue weighted by atomic mass is 10.2. The number of hydrogen-bond donors (Lipinski definition) is 1. The van der Waals surface area contributed by atoms with Crippen molar-refractivity contribution in [2.45, 2.75) is 23.9 Å². The number of benzene rings is 1. The summed E-state index contributed by atoms with van der Waals surface area (Å²) in [5.41, 5.74) is 0.548. The number of carbonyl (C=O) groups is 1. The van der Waals surface area contributed by atoms with Gasteiger partial charge < -0.3 is 5.32 Å². The van der Waals surface area contributed by atoms with Gasteiger partial charge in [0.15, 0.2) is 0 Å². The van der Waals surface area contributed by atoms with Crippen molar-refractivity contribution in [2.75, 3.05) is 11.6 Å². The molecule has 0 aliphatic carbocycles. The molecule has 1 amide bonds. The Morgan fingerprint density at radius 1 is 1.35 bits per heavy atom. The normalized spacial score (nSPS) is 11.3. The zero-order valence-electron chi connectivity index (χ0n) is 9.17. The highest BCUT2D eigenvalue weighted by molar-refractivity contribution is 7.98. The first kappa shape index (κ1) is 13.9. The van der Waals surface area contributed by atoms with Crippen LogP contribution in [0.1, 0.15) is 12.8 Å². The molecule has 94 valence electrons. The molecule has 0 fully saturated rings. The van der Waals surface area contributed by atoms with Gasteiger partial charge in [-0.05, 0) is 18.4 Å². The molecule has 0 saturated carbocycles. The minimum absolute atomic E-state index is 0.548. The molecular formula is C11H12F3NOS. The Kier molecular flexibility index (Phi) is 4.86. The van der Waals surface area contributed by atoms with Crippen LogP contribution < -0.4 is 5.32 Å². The Hall–Kier alpha value is -1.17. The van der Waals surface area contributed by atoms with Crippen LogP contribution in [0.2, 0.25) is 0 Å². The summed E-state index contributed by atoms with van der Waals surface area (Å²) in [6, 6.07) is 6.98. The second-order valence-electron chi connectivity index (χ2n) is 3.36. The lowest BCUT2D eigenvalue weighted by molar-refractivity contribution is -0.142. The number of amides is 1. The summed E-state index contributed by atoms with van der Waals surface area (Å²) in [7, 11) is 0. The van der Waals surface area contributed by atoms with E-state index in [0.717, 1.165) is 4.90 Å². The maximum Gasteiger partial charge on any atom is 0.389 e. The molecule has 1 aromatic carbocycles. The molecule has 6 heteroatoms. The number of para-hydroxylation sites is 1. The van der Waals surface area contributed by atoms with Crippen LogP contribution in [-0.2, 0) is 4.79 Å². The standard InChI is InChI=1S/C11H12F3NOS/c1-17-9-5-3-2-4-8(9)15-10(16)6-7-11(12,13)14/h2-5H,6-7H2,1H3,(H,15,16). The topological polar surface area (TPSA) is 29.1 Å². The Morgan fingerprint density at radius 3 is 2.59 bits per heavy atom. The Balaban J connectivity index is 2.56. The van der Waals surface area contributed by atoms with Crippen molar-refractivity contribution in [3.63, 3.8) is 0 Å². The predicted molar refractivity (Wildman–Crippen MR) is 62.1 cm³/mol. The monoisotopic (exact) mass is 263 g/mol. The largest absolute Gasteiger partial charge is 0.389 e. The van der Waals surface area contributed by atoms with Crippen LogP contribution in [0.25, 0.3) is 0 Å². The van der Waals surface area contributed by atoms with Crippen molar-refractivity contribution in [1.29, 1.82) is 0 Å². The van der Waals surface area contributed by atoms with Gasteiger partial charge in [0.1, 0.15) is 0 Å². The molecule has 0 spiro atoms. The Bertz CT molecular complexity index is 393. The Labute approximate surface area is 102 Å². The first-order chi connectivity index (χ1) is 7.92. The van der Waals surface area contributed by atoms with Gasteiger partial charge in [-0.15, -0.1) is 11.8 Å². The van der Waals surface area contributed by atoms with Crippen LogP contribution in [0.5, 0.6) is 0 Å². The number of rotatable bonds is 4. The molecule has 0 aliphatic rings. The van der Waals surface area contributed by atoms with Gasteiger partial charge in [-0.2, -0.15) is 13.2 Å². The smallest absolute Gasteiger partial charge is 0.325 e. The lowest BCUT2D eigenvalue weighted by Gasteiger charge is -2.10. The quantitative estimate of drug-likeness (QED) is 0.839. The van der Waals surface area contributed by atoms with Gasteiger partial charge in [-0.25, -0.2) is 0 Å². The number of halogens is 3. The van der Waals surface area contributed by atoms with Crippen molar-refractivity contribution >= 4 is 23.4 Å². The molecule has 0 radical (unpaired) electrons. The van der Waals surface area contributed by atoms with E-state index in [1.165, 1.54) is 11.8 Å². The molecule has 0 unspecified atom stereocenters. The third-order valence-electron chi connectivity index (χ3n) is 2.02. The molecule has 1 aromatic rings. The van der Waals surface area contributed by atoms with Crippen LogP contribution >= 0.6 is 11.8 Å². The zero-order chi connectivity index (χ0) is 12.9. The zero-order valence-corrected chi connectivity index (χ0v) is 9.99. The summed E-state index contributed by atoms with van der Waals surface area (Å²) >= 11 is 1.42. The third kappa shape index (κ3) is 5.12. The summed E-state index contributed by atoms with van der Waals surface area (Å²) in [6.07, 6.45) is -4.11. The van der Waals surface area contributed by atoms with E-state index in [1.54, 1.807) is 24.3 Å². The van der Waals surface area contributed by atoms with Crippen LogP contribution in [0, 0.1) is 0 Å². The number of thioether (sulfide) groups is 1. The first-order valence-electron chi connectivity index (χ1n) is 4.92. The number of nitrogens with one attached hydrogen (secondary N) is 1. The molecule has 1 N–H and O–H groups in total. The predicted octanol–water partition coefficient (Wildman–Crippen LogP) is 3.69. The second-order valence-corrected chi connectivity index (χ2v) is 4.21. The maximum absolute atomic E-state index is 11.9. The highest BCUT2D eigenvalue weighted by Crippen LogP contribution is 2.26. The van der Waals surface area contributed by atoms with E-state index in [1.807, 2.05) is 6.26 Å². The molecule has 0 heterocycles.